The van der Waals surface area contributed by atoms with Gasteiger partial charge in [0.1, 0.15) is 10.7 Å². The van der Waals surface area contributed by atoms with Crippen LogP contribution in [0.15, 0.2) is 18.2 Å². The summed E-state index contributed by atoms with van der Waals surface area (Å²) in [6, 6.07) is 6.45. The third-order valence-electron chi connectivity index (χ3n) is 3.91. The van der Waals surface area contributed by atoms with Gasteiger partial charge in [0, 0.05) is 43.3 Å². The minimum atomic E-state index is 0.431. The van der Waals surface area contributed by atoms with Gasteiger partial charge in [-0.3, -0.25) is 4.90 Å². The fourth-order valence-electron chi connectivity index (χ4n) is 2.69. The minimum absolute atomic E-state index is 0.431. The molecule has 0 radical (unpaired) electrons. The summed E-state index contributed by atoms with van der Waals surface area (Å²) in [6.45, 7) is 6.39. The lowest BCUT2D eigenvalue weighted by atomic mass is 10.1. The molecular weight excluding hydrogens is 270 g/mol. The molecule has 1 aromatic carbocycles. The second-order valence-corrected chi connectivity index (χ2v) is 5.91. The van der Waals surface area contributed by atoms with Crippen LogP contribution in [-0.4, -0.2) is 54.6 Å². The van der Waals surface area contributed by atoms with Crippen LogP contribution in [-0.2, 0) is 6.54 Å². The number of hydrogen-bond donors (Lipinski definition) is 1. The van der Waals surface area contributed by atoms with Crippen LogP contribution in [0.1, 0.15) is 18.1 Å². The van der Waals surface area contributed by atoms with Gasteiger partial charge in [0.25, 0.3) is 0 Å². The average molecular weight is 293 g/mol. The van der Waals surface area contributed by atoms with E-state index in [9.17, 15) is 0 Å². The molecule has 5 heteroatoms. The van der Waals surface area contributed by atoms with Crippen LogP contribution in [0.5, 0.6) is 5.75 Å². The van der Waals surface area contributed by atoms with Crippen molar-refractivity contribution in [3.05, 3.63) is 29.3 Å². The molecule has 110 valence electrons. The van der Waals surface area contributed by atoms with Crippen LogP contribution in [0, 0.1) is 0 Å². The molecule has 0 amide bonds. The molecule has 0 aromatic heterocycles. The summed E-state index contributed by atoms with van der Waals surface area (Å²) in [5.41, 5.74) is 7.77. The fraction of sp³-hybridized carbons (Fsp3) is 0.533. The maximum atomic E-state index is 5.72. The van der Waals surface area contributed by atoms with E-state index in [4.69, 9.17) is 22.7 Å². The van der Waals surface area contributed by atoms with Gasteiger partial charge < -0.3 is 15.4 Å². The van der Waals surface area contributed by atoms with Crippen molar-refractivity contribution in [1.29, 1.82) is 0 Å². The summed E-state index contributed by atoms with van der Waals surface area (Å²) in [4.78, 5) is 5.27. The molecule has 2 rings (SSSR count). The molecule has 20 heavy (non-hydrogen) atoms. The monoisotopic (exact) mass is 293 g/mol. The second-order valence-electron chi connectivity index (χ2n) is 5.47. The first-order chi connectivity index (χ1) is 9.51. The van der Waals surface area contributed by atoms with E-state index in [1.165, 1.54) is 0 Å². The highest BCUT2D eigenvalue weighted by molar-refractivity contribution is 7.80. The Morgan fingerprint density at radius 2 is 2.20 bits per heavy atom. The van der Waals surface area contributed by atoms with Gasteiger partial charge in [-0.2, -0.15) is 0 Å². The molecule has 1 saturated heterocycles. The van der Waals surface area contributed by atoms with Gasteiger partial charge in [0.15, 0.2) is 0 Å². The Morgan fingerprint density at radius 1 is 1.45 bits per heavy atom. The first kappa shape index (κ1) is 15.2. The third kappa shape index (κ3) is 3.48. The SMILES string of the molecule is COc1ccc(C(N)=S)cc1CN1CCN(C)CC1C. The van der Waals surface area contributed by atoms with Gasteiger partial charge >= 0.3 is 0 Å². The number of nitrogens with zero attached hydrogens (tertiary/aromatic N) is 2. The van der Waals surface area contributed by atoms with Crippen molar-refractivity contribution < 1.29 is 4.74 Å². The van der Waals surface area contributed by atoms with Crippen molar-refractivity contribution in [1.82, 2.24) is 9.80 Å². The summed E-state index contributed by atoms with van der Waals surface area (Å²) < 4.78 is 5.46. The Bertz CT molecular complexity index is 492. The number of thiocarbonyl (C=S) groups is 1. The Hall–Kier alpha value is -1.17. The van der Waals surface area contributed by atoms with Gasteiger partial charge in [0.2, 0.25) is 0 Å². The quantitative estimate of drug-likeness (QED) is 0.851. The molecular formula is C15H23N3OS. The van der Waals surface area contributed by atoms with Crippen molar-refractivity contribution in [2.45, 2.75) is 19.5 Å². The predicted molar refractivity (Wildman–Crippen MR) is 86.3 cm³/mol. The van der Waals surface area contributed by atoms with E-state index in [2.05, 4.69) is 23.8 Å². The number of benzene rings is 1. The number of nitrogens with two attached hydrogens (primary N) is 1. The molecule has 1 fully saturated rings. The maximum Gasteiger partial charge on any atom is 0.123 e. The number of piperazine rings is 1. The first-order valence-electron chi connectivity index (χ1n) is 6.90. The number of rotatable bonds is 4. The zero-order chi connectivity index (χ0) is 14.7. The molecule has 0 aliphatic carbocycles. The molecule has 0 saturated carbocycles. The largest absolute Gasteiger partial charge is 0.496 e. The van der Waals surface area contributed by atoms with E-state index in [0.29, 0.717) is 11.0 Å². The zero-order valence-corrected chi connectivity index (χ0v) is 13.2. The van der Waals surface area contributed by atoms with Crippen molar-refractivity contribution in [3.63, 3.8) is 0 Å². The number of hydrogen-bond acceptors (Lipinski definition) is 4. The standard InChI is InChI=1S/C15H23N3OS/c1-11-9-17(2)6-7-18(11)10-13-8-12(15(16)20)4-5-14(13)19-3/h4-5,8,11H,6-7,9-10H2,1-3H3,(H2,16,20). The van der Waals surface area contributed by atoms with Crippen LogP contribution in [0.4, 0.5) is 0 Å². The van der Waals surface area contributed by atoms with E-state index in [1.54, 1.807) is 7.11 Å². The fourth-order valence-corrected chi connectivity index (χ4v) is 2.81. The van der Waals surface area contributed by atoms with Crippen molar-refractivity contribution >= 4 is 17.2 Å². The van der Waals surface area contributed by atoms with Gasteiger partial charge in [0.05, 0.1) is 7.11 Å². The summed E-state index contributed by atoms with van der Waals surface area (Å²) in [5, 5.41) is 0. The van der Waals surface area contributed by atoms with E-state index in [0.717, 1.165) is 43.1 Å². The summed E-state index contributed by atoms with van der Waals surface area (Å²) in [7, 11) is 3.87. The lowest BCUT2D eigenvalue weighted by Gasteiger charge is -2.38. The molecule has 0 spiro atoms. The van der Waals surface area contributed by atoms with Crippen molar-refractivity contribution in [2.24, 2.45) is 5.73 Å². The predicted octanol–water partition coefficient (Wildman–Crippen LogP) is 1.47. The van der Waals surface area contributed by atoms with Gasteiger partial charge in [-0.15, -0.1) is 0 Å². The van der Waals surface area contributed by atoms with Gasteiger partial charge in [-0.05, 0) is 32.2 Å². The summed E-state index contributed by atoms with van der Waals surface area (Å²) in [6.07, 6.45) is 0. The van der Waals surface area contributed by atoms with Crippen molar-refractivity contribution in [3.8, 4) is 5.75 Å². The summed E-state index contributed by atoms with van der Waals surface area (Å²) >= 11 is 5.06. The highest BCUT2D eigenvalue weighted by Crippen LogP contribution is 2.23. The minimum Gasteiger partial charge on any atom is -0.496 e. The van der Waals surface area contributed by atoms with Crippen LogP contribution < -0.4 is 10.5 Å². The van der Waals surface area contributed by atoms with Gasteiger partial charge in [-0.1, -0.05) is 12.2 Å². The number of ether oxygens (including phenoxy) is 1. The van der Waals surface area contributed by atoms with Crippen LogP contribution in [0.2, 0.25) is 0 Å². The van der Waals surface area contributed by atoms with E-state index < -0.39 is 0 Å². The highest BCUT2D eigenvalue weighted by atomic mass is 32.1. The second kappa shape index (κ2) is 6.52. The average Bonchev–Trinajstić information content (AvgIpc) is 2.41. The molecule has 1 heterocycles. The molecule has 4 nitrogen and oxygen atoms in total. The van der Waals surface area contributed by atoms with Gasteiger partial charge in [-0.25, -0.2) is 0 Å². The third-order valence-corrected chi connectivity index (χ3v) is 4.14. The van der Waals surface area contributed by atoms with Crippen molar-refractivity contribution in [2.75, 3.05) is 33.8 Å². The molecule has 0 bridgehead atoms. The topological polar surface area (TPSA) is 41.7 Å². The Kier molecular flexibility index (Phi) is 4.96. The lowest BCUT2D eigenvalue weighted by Crippen LogP contribution is -2.49. The lowest BCUT2D eigenvalue weighted by molar-refractivity contribution is 0.0931. The molecule has 1 aliphatic rings. The normalized spacial score (nSPS) is 20.9. The molecule has 1 aromatic rings. The summed E-state index contributed by atoms with van der Waals surface area (Å²) in [5.74, 6) is 0.899. The van der Waals surface area contributed by atoms with E-state index >= 15 is 0 Å². The molecule has 1 unspecified atom stereocenters. The highest BCUT2D eigenvalue weighted by Gasteiger charge is 2.22. The van der Waals surface area contributed by atoms with Crippen LogP contribution in [0.25, 0.3) is 0 Å². The maximum absolute atomic E-state index is 5.72. The molecule has 2 N–H and O–H groups in total. The van der Waals surface area contributed by atoms with Crippen LogP contribution >= 0.6 is 12.2 Å². The Balaban J connectivity index is 2.18. The first-order valence-corrected chi connectivity index (χ1v) is 7.31. The van der Waals surface area contributed by atoms with Crippen LogP contribution in [0.3, 0.4) is 0 Å². The Morgan fingerprint density at radius 3 is 2.80 bits per heavy atom. The Labute approximate surface area is 126 Å². The van der Waals surface area contributed by atoms with E-state index in [1.807, 2.05) is 18.2 Å². The zero-order valence-electron chi connectivity index (χ0n) is 12.4. The smallest absolute Gasteiger partial charge is 0.123 e. The molecule has 1 aliphatic heterocycles. The molecule has 1 atom stereocenters. The number of methoxy groups -OCH3 is 1. The van der Waals surface area contributed by atoms with E-state index in [-0.39, 0.29) is 0 Å². The number of likely N-dealkylation sites (N-methyl/N-ethyl adjacent to an activating group) is 1.